The van der Waals surface area contributed by atoms with E-state index >= 15 is 0 Å². The molecule has 0 aliphatic carbocycles. The van der Waals surface area contributed by atoms with Crippen LogP contribution in [0, 0.1) is 11.3 Å². The SMILES string of the molecule is CCc1ccc(OC2CCOCC2)c(C(Nc2ccc(C#N)cc2)C(=O)O)c1. The van der Waals surface area contributed by atoms with Crippen LogP contribution in [-0.4, -0.2) is 30.4 Å². The smallest absolute Gasteiger partial charge is 0.330 e. The van der Waals surface area contributed by atoms with Crippen molar-refractivity contribution in [2.24, 2.45) is 0 Å². The van der Waals surface area contributed by atoms with Gasteiger partial charge in [-0.15, -0.1) is 0 Å². The molecular weight excluding hydrogens is 356 g/mol. The molecule has 6 nitrogen and oxygen atoms in total. The van der Waals surface area contributed by atoms with Gasteiger partial charge in [0.1, 0.15) is 11.9 Å². The summed E-state index contributed by atoms with van der Waals surface area (Å²) < 4.78 is 11.5. The van der Waals surface area contributed by atoms with E-state index in [0.717, 1.165) is 24.8 Å². The minimum Gasteiger partial charge on any atom is -0.490 e. The monoisotopic (exact) mass is 380 g/mol. The average molecular weight is 380 g/mol. The molecule has 2 N–H and O–H groups in total. The van der Waals surface area contributed by atoms with E-state index < -0.39 is 12.0 Å². The summed E-state index contributed by atoms with van der Waals surface area (Å²) in [6.45, 7) is 3.33. The number of carboxylic acid groups (broad SMARTS) is 1. The Kier molecular flexibility index (Phi) is 6.51. The lowest BCUT2D eigenvalue weighted by Crippen LogP contribution is -2.27. The number of hydrogen-bond donors (Lipinski definition) is 2. The maximum absolute atomic E-state index is 12.1. The highest BCUT2D eigenvalue weighted by Crippen LogP contribution is 2.32. The highest BCUT2D eigenvalue weighted by Gasteiger charge is 2.26. The Hall–Kier alpha value is -3.04. The van der Waals surface area contributed by atoms with Crippen LogP contribution < -0.4 is 10.1 Å². The molecule has 0 aromatic heterocycles. The summed E-state index contributed by atoms with van der Waals surface area (Å²) in [5.41, 5.74) is 2.80. The summed E-state index contributed by atoms with van der Waals surface area (Å²) in [4.78, 5) is 12.1. The predicted molar refractivity (Wildman–Crippen MR) is 105 cm³/mol. The Labute approximate surface area is 164 Å². The van der Waals surface area contributed by atoms with Gasteiger partial charge in [0.05, 0.1) is 24.8 Å². The van der Waals surface area contributed by atoms with E-state index in [9.17, 15) is 9.90 Å². The van der Waals surface area contributed by atoms with Gasteiger partial charge in [0.2, 0.25) is 0 Å². The highest BCUT2D eigenvalue weighted by atomic mass is 16.5. The van der Waals surface area contributed by atoms with E-state index in [-0.39, 0.29) is 6.10 Å². The van der Waals surface area contributed by atoms with Gasteiger partial charge >= 0.3 is 5.97 Å². The number of benzene rings is 2. The van der Waals surface area contributed by atoms with Crippen molar-refractivity contribution in [1.82, 2.24) is 0 Å². The van der Waals surface area contributed by atoms with Crippen molar-refractivity contribution < 1.29 is 19.4 Å². The molecule has 1 unspecified atom stereocenters. The third-order valence-electron chi connectivity index (χ3n) is 4.83. The molecule has 0 radical (unpaired) electrons. The molecule has 146 valence electrons. The summed E-state index contributed by atoms with van der Waals surface area (Å²) in [5.74, 6) is -0.410. The zero-order valence-corrected chi connectivity index (χ0v) is 15.9. The number of nitrogens with zero attached hydrogens (tertiary/aromatic N) is 1. The first kappa shape index (κ1) is 19.7. The molecule has 0 spiro atoms. The van der Waals surface area contributed by atoms with Crippen molar-refractivity contribution in [2.45, 2.75) is 38.3 Å². The molecule has 2 aromatic carbocycles. The Morgan fingerprint density at radius 2 is 2.00 bits per heavy atom. The Morgan fingerprint density at radius 1 is 1.29 bits per heavy atom. The molecule has 6 heteroatoms. The Bertz CT molecular complexity index is 852. The molecule has 2 aromatic rings. The lowest BCUT2D eigenvalue weighted by Gasteiger charge is -2.26. The van der Waals surface area contributed by atoms with Crippen molar-refractivity contribution in [3.05, 3.63) is 59.2 Å². The van der Waals surface area contributed by atoms with Crippen LogP contribution in [0.4, 0.5) is 5.69 Å². The number of hydrogen-bond acceptors (Lipinski definition) is 5. The number of anilines is 1. The number of carbonyl (C=O) groups is 1. The Balaban J connectivity index is 1.90. The summed E-state index contributed by atoms with van der Waals surface area (Å²) in [6.07, 6.45) is 2.39. The third-order valence-corrected chi connectivity index (χ3v) is 4.83. The van der Waals surface area contributed by atoms with E-state index in [4.69, 9.17) is 14.7 Å². The van der Waals surface area contributed by atoms with Gasteiger partial charge in [0.25, 0.3) is 0 Å². The molecule has 1 heterocycles. The Morgan fingerprint density at radius 3 is 2.61 bits per heavy atom. The summed E-state index contributed by atoms with van der Waals surface area (Å²) >= 11 is 0. The second kappa shape index (κ2) is 9.25. The van der Waals surface area contributed by atoms with Gasteiger partial charge in [0.15, 0.2) is 6.04 Å². The van der Waals surface area contributed by atoms with Gasteiger partial charge in [-0.3, -0.25) is 0 Å². The van der Waals surface area contributed by atoms with Crippen LogP contribution in [0.1, 0.15) is 42.5 Å². The molecule has 1 aliphatic rings. The van der Waals surface area contributed by atoms with Gasteiger partial charge in [0, 0.05) is 24.1 Å². The van der Waals surface area contributed by atoms with Gasteiger partial charge < -0.3 is 19.9 Å². The molecule has 3 rings (SSSR count). The van der Waals surface area contributed by atoms with Crippen molar-refractivity contribution in [2.75, 3.05) is 18.5 Å². The number of ether oxygens (including phenoxy) is 2. The maximum Gasteiger partial charge on any atom is 0.330 e. The molecular formula is C22H24N2O4. The number of nitriles is 1. The zero-order chi connectivity index (χ0) is 19.9. The quantitative estimate of drug-likeness (QED) is 0.756. The summed E-state index contributed by atoms with van der Waals surface area (Å²) in [7, 11) is 0. The van der Waals surface area contributed by atoms with Crippen LogP contribution in [0.2, 0.25) is 0 Å². The highest BCUT2D eigenvalue weighted by molar-refractivity contribution is 5.80. The number of carboxylic acids is 1. The summed E-state index contributed by atoms with van der Waals surface area (Å²) in [6, 6.07) is 13.5. The summed E-state index contributed by atoms with van der Waals surface area (Å²) in [5, 5.41) is 21.9. The van der Waals surface area contributed by atoms with Crippen LogP contribution in [0.5, 0.6) is 5.75 Å². The predicted octanol–water partition coefficient (Wildman–Crippen LogP) is 3.92. The zero-order valence-electron chi connectivity index (χ0n) is 15.9. The standard InChI is InChI=1S/C22H24N2O4/c1-2-15-5-8-20(28-18-9-11-27-12-10-18)19(13-15)21(22(25)26)24-17-6-3-16(14-23)4-7-17/h3-8,13,18,21,24H,2,9-12H2,1H3,(H,25,26). The number of nitrogens with one attached hydrogen (secondary N) is 1. The van der Waals surface area contributed by atoms with Gasteiger partial charge in [-0.2, -0.15) is 5.26 Å². The van der Waals surface area contributed by atoms with Crippen molar-refractivity contribution in [1.29, 1.82) is 5.26 Å². The molecule has 1 atom stereocenters. The molecule has 28 heavy (non-hydrogen) atoms. The van der Waals surface area contributed by atoms with Gasteiger partial charge in [-0.05, 0) is 48.4 Å². The van der Waals surface area contributed by atoms with E-state index in [1.807, 2.05) is 25.1 Å². The van der Waals surface area contributed by atoms with Crippen LogP contribution in [-0.2, 0) is 16.0 Å². The first-order chi connectivity index (χ1) is 13.6. The number of rotatable bonds is 7. The van der Waals surface area contributed by atoms with Gasteiger partial charge in [-0.1, -0.05) is 13.0 Å². The molecule has 1 saturated heterocycles. The second-order valence-electron chi connectivity index (χ2n) is 6.76. The average Bonchev–Trinajstić information content (AvgIpc) is 2.73. The maximum atomic E-state index is 12.1. The molecule has 0 bridgehead atoms. The van der Waals surface area contributed by atoms with Gasteiger partial charge in [-0.25, -0.2) is 4.79 Å². The molecule has 1 aliphatic heterocycles. The lowest BCUT2D eigenvalue weighted by molar-refractivity contribution is -0.138. The largest absolute Gasteiger partial charge is 0.490 e. The number of aryl methyl sites for hydroxylation is 1. The van der Waals surface area contributed by atoms with E-state index in [2.05, 4.69) is 11.4 Å². The fourth-order valence-electron chi connectivity index (χ4n) is 3.20. The van der Waals surface area contributed by atoms with E-state index in [1.54, 1.807) is 24.3 Å². The topological polar surface area (TPSA) is 91.6 Å². The van der Waals surface area contributed by atoms with E-state index in [0.29, 0.717) is 35.8 Å². The second-order valence-corrected chi connectivity index (χ2v) is 6.76. The van der Waals surface area contributed by atoms with E-state index in [1.165, 1.54) is 0 Å². The lowest BCUT2D eigenvalue weighted by atomic mass is 10.0. The van der Waals surface area contributed by atoms with Crippen LogP contribution in [0.15, 0.2) is 42.5 Å². The normalized spacial score (nSPS) is 15.4. The van der Waals surface area contributed by atoms with Crippen LogP contribution in [0.3, 0.4) is 0 Å². The first-order valence-corrected chi connectivity index (χ1v) is 9.47. The van der Waals surface area contributed by atoms with Crippen LogP contribution >= 0.6 is 0 Å². The van der Waals surface area contributed by atoms with Crippen molar-refractivity contribution >= 4 is 11.7 Å². The number of aliphatic carboxylic acids is 1. The third kappa shape index (κ3) is 4.81. The molecule has 0 amide bonds. The first-order valence-electron chi connectivity index (χ1n) is 9.47. The molecule has 1 fully saturated rings. The minimum absolute atomic E-state index is 0.0179. The minimum atomic E-state index is -0.991. The van der Waals surface area contributed by atoms with Crippen LogP contribution in [0.25, 0.3) is 0 Å². The fourth-order valence-corrected chi connectivity index (χ4v) is 3.20. The fraction of sp³-hybridized carbons (Fsp3) is 0.364. The molecule has 0 saturated carbocycles. The van der Waals surface area contributed by atoms with Crippen molar-refractivity contribution in [3.63, 3.8) is 0 Å². The van der Waals surface area contributed by atoms with Crippen molar-refractivity contribution in [3.8, 4) is 11.8 Å².